The molecule has 1 aromatic carbocycles. The SMILES string of the molecule is COCc1c(C(O)C=O)cc2n(c1=O)Cc1c-2nc2cc(F)c(C)c3c2c1C(NCC(=O)CO)CO3. The third-order valence-electron chi connectivity index (χ3n) is 6.75. The number of Topliss-reactive ketones (excluding diaryl/α,β-unsaturated/α-hetero) is 1. The van der Waals surface area contributed by atoms with Gasteiger partial charge in [0.25, 0.3) is 5.56 Å². The number of pyridine rings is 2. The molecule has 4 heterocycles. The fourth-order valence-corrected chi connectivity index (χ4v) is 5.01. The zero-order valence-corrected chi connectivity index (χ0v) is 19.6. The van der Waals surface area contributed by atoms with Gasteiger partial charge >= 0.3 is 0 Å². The lowest BCUT2D eigenvalue weighted by atomic mass is 9.91. The summed E-state index contributed by atoms with van der Waals surface area (Å²) in [5, 5.41) is 23.1. The molecule has 0 radical (unpaired) electrons. The van der Waals surface area contributed by atoms with E-state index in [4.69, 9.17) is 14.6 Å². The summed E-state index contributed by atoms with van der Waals surface area (Å²) < 4.78 is 27.3. The molecule has 0 bridgehead atoms. The predicted octanol–water partition coefficient (Wildman–Crippen LogP) is 0.836. The topological polar surface area (TPSA) is 140 Å². The Morgan fingerprint density at radius 2 is 2.22 bits per heavy atom. The number of fused-ring (bicyclic) bond motifs is 4. The summed E-state index contributed by atoms with van der Waals surface area (Å²) in [6, 6.07) is 2.33. The molecular formula is C25H24FN3O7. The minimum atomic E-state index is -1.53. The van der Waals surface area contributed by atoms with Crippen LogP contribution in [0, 0.1) is 12.7 Å². The van der Waals surface area contributed by atoms with E-state index < -0.39 is 35.9 Å². The molecule has 0 fully saturated rings. The van der Waals surface area contributed by atoms with Crippen molar-refractivity contribution in [1.82, 2.24) is 14.9 Å². The zero-order valence-electron chi connectivity index (χ0n) is 19.6. The minimum absolute atomic E-state index is 0.0941. The number of nitrogens with zero attached hydrogens (tertiary/aromatic N) is 2. The van der Waals surface area contributed by atoms with E-state index >= 15 is 0 Å². The second kappa shape index (κ2) is 9.17. The molecule has 3 N–H and O–H groups in total. The van der Waals surface area contributed by atoms with Gasteiger partial charge in [0.1, 0.15) is 30.9 Å². The highest BCUT2D eigenvalue weighted by Crippen LogP contribution is 2.46. The van der Waals surface area contributed by atoms with Gasteiger partial charge in [-0.2, -0.15) is 0 Å². The van der Waals surface area contributed by atoms with Gasteiger partial charge in [-0.05, 0) is 18.6 Å². The molecule has 2 aliphatic rings. The second-order valence-electron chi connectivity index (χ2n) is 8.87. The van der Waals surface area contributed by atoms with E-state index in [0.29, 0.717) is 45.5 Å². The van der Waals surface area contributed by atoms with E-state index in [1.54, 1.807) is 6.92 Å². The van der Waals surface area contributed by atoms with Gasteiger partial charge in [0, 0.05) is 40.8 Å². The molecular weight excluding hydrogens is 473 g/mol. The highest BCUT2D eigenvalue weighted by atomic mass is 19.1. The monoisotopic (exact) mass is 497 g/mol. The number of aldehydes is 1. The Bertz CT molecular complexity index is 1480. The van der Waals surface area contributed by atoms with Gasteiger partial charge in [0.2, 0.25) is 0 Å². The highest BCUT2D eigenvalue weighted by Gasteiger charge is 2.35. The van der Waals surface area contributed by atoms with Crippen molar-refractivity contribution >= 4 is 23.0 Å². The molecule has 0 saturated carbocycles. The highest BCUT2D eigenvalue weighted by molar-refractivity contribution is 5.95. The standard InChI is InChI=1S/C25H24FN3O7/c1-11-16(26)4-17-22-21(18(10-36-24(11)22)27-5-12(32)7-30)14-6-29-19(23(14)28-17)3-13(20(33)8-31)15(9-35-2)25(29)34/h3-4,8,18,20,27,30,33H,5-7,9-10H2,1-2H3. The Labute approximate surface area is 204 Å². The molecule has 2 aromatic heterocycles. The Morgan fingerprint density at radius 3 is 2.92 bits per heavy atom. The van der Waals surface area contributed by atoms with Gasteiger partial charge in [-0.3, -0.25) is 9.59 Å². The van der Waals surface area contributed by atoms with Crippen LogP contribution in [0.1, 0.15) is 40.0 Å². The fourth-order valence-electron chi connectivity index (χ4n) is 5.01. The Kier molecular flexibility index (Phi) is 6.17. The molecule has 5 rings (SSSR count). The van der Waals surface area contributed by atoms with Crippen LogP contribution in [-0.2, 0) is 27.5 Å². The van der Waals surface area contributed by atoms with Crippen LogP contribution in [-0.4, -0.2) is 58.7 Å². The lowest BCUT2D eigenvalue weighted by molar-refractivity contribution is -0.121. The summed E-state index contributed by atoms with van der Waals surface area (Å²) in [7, 11) is 1.41. The number of aliphatic hydroxyl groups excluding tert-OH is 2. The van der Waals surface area contributed by atoms with Gasteiger partial charge < -0.3 is 34.4 Å². The molecule has 2 atom stereocenters. The molecule has 0 amide bonds. The maximum Gasteiger partial charge on any atom is 0.257 e. The molecule has 2 aliphatic heterocycles. The van der Waals surface area contributed by atoms with Crippen molar-refractivity contribution in [1.29, 1.82) is 0 Å². The van der Waals surface area contributed by atoms with Crippen molar-refractivity contribution in [2.45, 2.75) is 32.2 Å². The molecule has 2 unspecified atom stereocenters. The van der Waals surface area contributed by atoms with Gasteiger partial charge in [-0.15, -0.1) is 0 Å². The van der Waals surface area contributed by atoms with Gasteiger partial charge in [0.15, 0.2) is 12.1 Å². The number of rotatable bonds is 8. The quantitative estimate of drug-likeness (QED) is 0.302. The summed E-state index contributed by atoms with van der Waals surface area (Å²) >= 11 is 0. The molecule has 0 aliphatic carbocycles. The van der Waals surface area contributed by atoms with Crippen molar-refractivity contribution < 1.29 is 33.7 Å². The van der Waals surface area contributed by atoms with E-state index in [-0.39, 0.29) is 37.4 Å². The number of aromatic nitrogens is 2. The van der Waals surface area contributed by atoms with Crippen LogP contribution >= 0.6 is 0 Å². The average Bonchev–Trinajstić information content (AvgIpc) is 3.25. The van der Waals surface area contributed by atoms with Crippen LogP contribution in [0.2, 0.25) is 0 Å². The van der Waals surface area contributed by atoms with Crippen molar-refractivity contribution in [3.05, 3.63) is 56.1 Å². The molecule has 188 valence electrons. The maximum absolute atomic E-state index is 14.8. The molecule has 10 nitrogen and oxygen atoms in total. The van der Waals surface area contributed by atoms with Crippen molar-refractivity contribution in [2.75, 3.05) is 26.9 Å². The van der Waals surface area contributed by atoms with Gasteiger partial charge in [0.05, 0.1) is 42.6 Å². The lowest BCUT2D eigenvalue weighted by Crippen LogP contribution is -2.35. The van der Waals surface area contributed by atoms with E-state index in [0.717, 1.165) is 5.56 Å². The van der Waals surface area contributed by atoms with Crippen LogP contribution in [0.15, 0.2) is 16.9 Å². The lowest BCUT2D eigenvalue weighted by Gasteiger charge is -2.30. The van der Waals surface area contributed by atoms with Crippen molar-refractivity contribution in [2.24, 2.45) is 0 Å². The minimum Gasteiger partial charge on any atom is -0.490 e. The van der Waals surface area contributed by atoms with Crippen LogP contribution in [0.3, 0.4) is 0 Å². The number of aliphatic hydroxyl groups is 2. The summed E-state index contributed by atoms with van der Waals surface area (Å²) in [5.41, 5.74) is 2.66. The first-order chi connectivity index (χ1) is 17.3. The number of benzene rings is 1. The van der Waals surface area contributed by atoms with Gasteiger partial charge in [-0.1, -0.05) is 0 Å². The third-order valence-corrected chi connectivity index (χ3v) is 6.75. The Balaban J connectivity index is 1.78. The number of ketones is 1. The maximum atomic E-state index is 14.8. The smallest absolute Gasteiger partial charge is 0.257 e. The van der Waals surface area contributed by atoms with E-state index in [1.165, 1.54) is 23.8 Å². The predicted molar refractivity (Wildman–Crippen MR) is 125 cm³/mol. The van der Waals surface area contributed by atoms with Gasteiger partial charge in [-0.25, -0.2) is 9.37 Å². The fraction of sp³-hybridized carbons (Fsp3) is 0.360. The summed E-state index contributed by atoms with van der Waals surface area (Å²) in [5.74, 6) is -0.558. The first kappa shape index (κ1) is 24.2. The van der Waals surface area contributed by atoms with E-state index in [9.17, 15) is 23.9 Å². The number of hydrogen-bond acceptors (Lipinski definition) is 9. The number of methoxy groups -OCH3 is 1. The first-order valence-electron chi connectivity index (χ1n) is 11.3. The van der Waals surface area contributed by atoms with Crippen molar-refractivity contribution in [3.8, 4) is 17.1 Å². The molecule has 36 heavy (non-hydrogen) atoms. The number of hydrogen-bond donors (Lipinski definition) is 3. The average molecular weight is 497 g/mol. The normalized spacial score (nSPS) is 16.4. The molecule has 11 heteroatoms. The Hall–Kier alpha value is -3.51. The summed E-state index contributed by atoms with van der Waals surface area (Å²) in [6.45, 7) is 1.01. The van der Waals surface area contributed by atoms with Crippen molar-refractivity contribution in [3.63, 3.8) is 0 Å². The Morgan fingerprint density at radius 1 is 1.44 bits per heavy atom. The van der Waals surface area contributed by atoms with Crippen LogP contribution < -0.4 is 15.6 Å². The molecule has 0 saturated heterocycles. The summed E-state index contributed by atoms with van der Waals surface area (Å²) in [6.07, 6.45) is -1.20. The van der Waals surface area contributed by atoms with E-state index in [2.05, 4.69) is 10.3 Å². The first-order valence-corrected chi connectivity index (χ1v) is 11.3. The number of nitrogens with one attached hydrogen (secondary N) is 1. The number of carbonyl (C=O) groups is 2. The largest absolute Gasteiger partial charge is 0.490 e. The number of halogens is 1. The third kappa shape index (κ3) is 3.63. The van der Waals surface area contributed by atoms with Crippen LogP contribution in [0.25, 0.3) is 22.3 Å². The second-order valence-corrected chi connectivity index (χ2v) is 8.87. The zero-order chi connectivity index (χ0) is 25.7. The van der Waals surface area contributed by atoms with E-state index in [1.807, 2.05) is 0 Å². The van der Waals surface area contributed by atoms with Crippen LogP contribution in [0.5, 0.6) is 5.75 Å². The molecule has 3 aromatic rings. The number of carbonyl (C=O) groups excluding carboxylic acids is 2. The summed E-state index contributed by atoms with van der Waals surface area (Å²) in [4.78, 5) is 41.3. The number of ether oxygens (including phenoxy) is 2. The molecule has 0 spiro atoms. The van der Waals surface area contributed by atoms with Crippen LogP contribution in [0.4, 0.5) is 4.39 Å².